The Kier molecular flexibility index (Phi) is 2.79. The molecule has 6 heteroatoms. The number of hydrogen-bond donors (Lipinski definition) is 0. The number of nitrogens with zero attached hydrogens (tertiary/aromatic N) is 2. The summed E-state index contributed by atoms with van der Waals surface area (Å²) in [4.78, 5) is 0. The Labute approximate surface area is 95.4 Å². The summed E-state index contributed by atoms with van der Waals surface area (Å²) in [5, 5.41) is 3.74. The summed E-state index contributed by atoms with van der Waals surface area (Å²) in [7, 11) is 1.16. The van der Waals surface area contributed by atoms with E-state index in [1.165, 1.54) is 0 Å². The first-order valence-electron chi connectivity index (χ1n) is 4.78. The number of halogens is 3. The van der Waals surface area contributed by atoms with Gasteiger partial charge in [-0.05, 0) is 12.1 Å². The minimum absolute atomic E-state index is 0.429. The maximum absolute atomic E-state index is 12.6. The predicted molar refractivity (Wildman–Crippen MR) is 55.1 cm³/mol. The molecule has 0 saturated carbocycles. The molecule has 1 aromatic heterocycles. The van der Waals surface area contributed by atoms with E-state index in [1.807, 2.05) is 0 Å². The third kappa shape index (κ3) is 2.25. The van der Waals surface area contributed by atoms with Crippen molar-refractivity contribution < 1.29 is 17.9 Å². The van der Waals surface area contributed by atoms with E-state index < -0.39 is 17.6 Å². The zero-order valence-electron chi connectivity index (χ0n) is 8.90. The van der Waals surface area contributed by atoms with E-state index in [2.05, 4.69) is 9.84 Å². The van der Waals surface area contributed by atoms with Crippen LogP contribution in [-0.2, 0) is 6.18 Å². The fraction of sp³-hybridized carbons (Fsp3) is 0.182. The predicted octanol–water partition coefficient (Wildman–Crippen LogP) is 2.90. The first-order valence-corrected chi connectivity index (χ1v) is 4.78. The minimum atomic E-state index is -4.47. The molecule has 0 spiro atoms. The molecule has 0 aliphatic rings. The largest absolute Gasteiger partial charge is 0.479 e. The van der Waals surface area contributed by atoms with Crippen molar-refractivity contribution in [3.05, 3.63) is 42.1 Å². The lowest BCUT2D eigenvalue weighted by atomic mass is 10.3. The summed E-state index contributed by atoms with van der Waals surface area (Å²) in [6, 6.07) is 8.53. The van der Waals surface area contributed by atoms with Gasteiger partial charge in [0.15, 0.2) is 0 Å². The highest BCUT2D eigenvalue weighted by Gasteiger charge is 2.37. The number of methoxy groups -OCH3 is 1. The van der Waals surface area contributed by atoms with Crippen molar-refractivity contribution in [2.45, 2.75) is 6.18 Å². The molecule has 1 aromatic carbocycles. The van der Waals surface area contributed by atoms with Crippen LogP contribution in [0.15, 0.2) is 36.5 Å². The highest BCUT2D eigenvalue weighted by Crippen LogP contribution is 2.35. The summed E-state index contributed by atoms with van der Waals surface area (Å²) < 4.78 is 43.7. The van der Waals surface area contributed by atoms with Crippen molar-refractivity contribution in [3.8, 4) is 11.6 Å². The van der Waals surface area contributed by atoms with Crippen LogP contribution >= 0.6 is 0 Å². The fourth-order valence-electron chi connectivity index (χ4n) is 1.42. The molecule has 0 unspecified atom stereocenters. The summed E-state index contributed by atoms with van der Waals surface area (Å²) in [6.45, 7) is 0. The maximum atomic E-state index is 12.6. The van der Waals surface area contributed by atoms with E-state index in [0.29, 0.717) is 5.69 Å². The molecule has 0 radical (unpaired) electrons. The van der Waals surface area contributed by atoms with Gasteiger partial charge in [-0.15, -0.1) is 5.10 Å². The Morgan fingerprint density at radius 3 is 2.29 bits per heavy atom. The highest BCUT2D eigenvalue weighted by atomic mass is 19.4. The SMILES string of the molecule is COc1nn(-c2ccccc2)cc1C(F)(F)F. The molecule has 17 heavy (non-hydrogen) atoms. The number of benzene rings is 1. The van der Waals surface area contributed by atoms with Crippen LogP contribution in [0.4, 0.5) is 13.2 Å². The molecule has 0 amide bonds. The molecule has 3 nitrogen and oxygen atoms in total. The van der Waals surface area contributed by atoms with Crippen LogP contribution < -0.4 is 4.74 Å². The van der Waals surface area contributed by atoms with Crippen LogP contribution in [0.25, 0.3) is 5.69 Å². The zero-order chi connectivity index (χ0) is 12.5. The average Bonchev–Trinajstić information content (AvgIpc) is 2.74. The lowest BCUT2D eigenvalue weighted by molar-refractivity contribution is -0.138. The molecule has 0 aliphatic carbocycles. The van der Waals surface area contributed by atoms with E-state index in [0.717, 1.165) is 18.0 Å². The van der Waals surface area contributed by atoms with Crippen LogP contribution in [0.5, 0.6) is 5.88 Å². The molecule has 0 N–H and O–H groups in total. The van der Waals surface area contributed by atoms with Gasteiger partial charge < -0.3 is 4.74 Å². The van der Waals surface area contributed by atoms with Crippen LogP contribution in [0, 0.1) is 0 Å². The van der Waals surface area contributed by atoms with Crippen molar-refractivity contribution >= 4 is 0 Å². The molecule has 0 atom stereocenters. The molecule has 0 bridgehead atoms. The van der Waals surface area contributed by atoms with E-state index in [4.69, 9.17) is 0 Å². The van der Waals surface area contributed by atoms with Crippen molar-refractivity contribution in [2.75, 3.05) is 7.11 Å². The van der Waals surface area contributed by atoms with Crippen molar-refractivity contribution in [3.63, 3.8) is 0 Å². The second-order valence-corrected chi connectivity index (χ2v) is 3.33. The first-order chi connectivity index (χ1) is 8.02. The van der Waals surface area contributed by atoms with Crippen LogP contribution in [-0.4, -0.2) is 16.9 Å². The second kappa shape index (κ2) is 4.12. The lowest BCUT2D eigenvalue weighted by Crippen LogP contribution is -2.05. The topological polar surface area (TPSA) is 27.1 Å². The molecule has 0 aliphatic heterocycles. The number of rotatable bonds is 2. The van der Waals surface area contributed by atoms with Crippen molar-refractivity contribution in [1.82, 2.24) is 9.78 Å². The molecule has 1 heterocycles. The van der Waals surface area contributed by atoms with Crippen molar-refractivity contribution in [1.29, 1.82) is 0 Å². The van der Waals surface area contributed by atoms with Gasteiger partial charge in [0.2, 0.25) is 5.88 Å². The van der Waals surface area contributed by atoms with Crippen LogP contribution in [0.1, 0.15) is 5.56 Å². The minimum Gasteiger partial charge on any atom is -0.479 e. The smallest absolute Gasteiger partial charge is 0.423 e. The summed E-state index contributed by atoms with van der Waals surface area (Å²) in [5.41, 5.74) is -0.342. The van der Waals surface area contributed by atoms with Gasteiger partial charge in [0, 0.05) is 6.20 Å². The summed E-state index contributed by atoms with van der Waals surface area (Å²) in [5.74, 6) is -0.429. The quantitative estimate of drug-likeness (QED) is 0.809. The van der Waals surface area contributed by atoms with Gasteiger partial charge in [0.25, 0.3) is 0 Å². The van der Waals surface area contributed by atoms with E-state index in [1.54, 1.807) is 30.3 Å². The van der Waals surface area contributed by atoms with E-state index in [9.17, 15) is 13.2 Å². The molecular weight excluding hydrogens is 233 g/mol. The Hall–Kier alpha value is -1.98. The first kappa shape index (κ1) is 11.5. The fourth-order valence-corrected chi connectivity index (χ4v) is 1.42. The van der Waals surface area contributed by atoms with Gasteiger partial charge in [0.05, 0.1) is 12.8 Å². The standard InChI is InChI=1S/C11H9F3N2O/c1-17-10-9(11(12,13)14)7-16(15-10)8-5-3-2-4-6-8/h2-7H,1H3. The normalized spacial score (nSPS) is 11.5. The van der Waals surface area contributed by atoms with Crippen LogP contribution in [0.2, 0.25) is 0 Å². The Balaban J connectivity index is 2.49. The Morgan fingerprint density at radius 1 is 1.18 bits per heavy atom. The maximum Gasteiger partial charge on any atom is 0.423 e. The van der Waals surface area contributed by atoms with E-state index >= 15 is 0 Å². The molecular formula is C11H9F3N2O. The summed E-state index contributed by atoms with van der Waals surface area (Å²) in [6.07, 6.45) is -3.56. The van der Waals surface area contributed by atoms with Gasteiger partial charge >= 0.3 is 6.18 Å². The summed E-state index contributed by atoms with van der Waals surface area (Å²) >= 11 is 0. The molecule has 0 fully saturated rings. The molecule has 0 saturated heterocycles. The lowest BCUT2D eigenvalue weighted by Gasteiger charge is -2.03. The van der Waals surface area contributed by atoms with Crippen molar-refractivity contribution in [2.24, 2.45) is 0 Å². The van der Waals surface area contributed by atoms with Gasteiger partial charge in [-0.2, -0.15) is 13.2 Å². The highest BCUT2D eigenvalue weighted by molar-refractivity contribution is 5.35. The number of ether oxygens (including phenoxy) is 1. The molecule has 90 valence electrons. The number of aromatic nitrogens is 2. The third-order valence-corrected chi connectivity index (χ3v) is 2.20. The van der Waals surface area contributed by atoms with Gasteiger partial charge in [-0.1, -0.05) is 18.2 Å². The number of alkyl halides is 3. The van der Waals surface area contributed by atoms with Gasteiger partial charge in [-0.3, -0.25) is 0 Å². The Morgan fingerprint density at radius 2 is 1.82 bits per heavy atom. The average molecular weight is 242 g/mol. The number of hydrogen-bond acceptors (Lipinski definition) is 2. The zero-order valence-corrected chi connectivity index (χ0v) is 8.90. The Bertz CT molecular complexity index is 505. The molecule has 2 rings (SSSR count). The molecule has 2 aromatic rings. The van der Waals surface area contributed by atoms with E-state index in [-0.39, 0.29) is 0 Å². The monoisotopic (exact) mass is 242 g/mol. The second-order valence-electron chi connectivity index (χ2n) is 3.33. The number of para-hydroxylation sites is 1. The van der Waals surface area contributed by atoms with Crippen LogP contribution in [0.3, 0.4) is 0 Å². The third-order valence-electron chi connectivity index (χ3n) is 2.20. The van der Waals surface area contributed by atoms with Gasteiger partial charge in [-0.25, -0.2) is 4.68 Å². The van der Waals surface area contributed by atoms with Gasteiger partial charge in [0.1, 0.15) is 5.56 Å².